The highest BCUT2D eigenvalue weighted by atomic mass is 16.5. The molecule has 0 atom stereocenters. The van der Waals surface area contributed by atoms with Crippen LogP contribution in [0.1, 0.15) is 60.6 Å². The molecule has 0 radical (unpaired) electrons. The molecule has 1 aromatic heterocycles. The summed E-state index contributed by atoms with van der Waals surface area (Å²) in [5.41, 5.74) is 0.689. The average Bonchev–Trinajstić information content (AvgIpc) is 2.87. The monoisotopic (exact) mass is 343 g/mol. The zero-order valence-electron chi connectivity index (χ0n) is 14.9. The summed E-state index contributed by atoms with van der Waals surface area (Å²) in [6.07, 6.45) is 7.20. The first kappa shape index (κ1) is 17.5. The quantitative estimate of drug-likeness (QED) is 0.773. The van der Waals surface area contributed by atoms with Gasteiger partial charge in [0.2, 0.25) is 11.7 Å². The molecule has 3 rings (SSSR count). The van der Waals surface area contributed by atoms with Crippen molar-refractivity contribution in [1.29, 1.82) is 0 Å². The maximum absolute atomic E-state index is 12.7. The number of benzene rings is 1. The molecule has 6 nitrogen and oxygen atoms in total. The Morgan fingerprint density at radius 1 is 1.20 bits per heavy atom. The molecule has 1 aliphatic rings. The highest BCUT2D eigenvalue weighted by molar-refractivity contribution is 5.94. The molecule has 1 fully saturated rings. The summed E-state index contributed by atoms with van der Waals surface area (Å²) in [6, 6.07) is 7.59. The zero-order chi connectivity index (χ0) is 17.6. The van der Waals surface area contributed by atoms with Gasteiger partial charge in [0.25, 0.3) is 5.91 Å². The second-order valence-corrected chi connectivity index (χ2v) is 6.60. The van der Waals surface area contributed by atoms with Crippen LogP contribution in [0.4, 0.5) is 0 Å². The molecule has 0 N–H and O–H groups in total. The molecule has 1 heterocycles. The van der Waals surface area contributed by atoms with E-state index in [-0.39, 0.29) is 12.5 Å². The third kappa shape index (κ3) is 4.59. The summed E-state index contributed by atoms with van der Waals surface area (Å²) in [6.45, 7) is 1.98. The number of rotatable bonds is 5. The van der Waals surface area contributed by atoms with Gasteiger partial charge in [0.05, 0.1) is 0 Å². The van der Waals surface area contributed by atoms with Crippen molar-refractivity contribution in [2.24, 2.45) is 0 Å². The van der Waals surface area contributed by atoms with Gasteiger partial charge in [0, 0.05) is 25.6 Å². The molecule has 0 aliphatic heterocycles. The van der Waals surface area contributed by atoms with E-state index in [2.05, 4.69) is 10.1 Å². The molecule has 1 aromatic carbocycles. The van der Waals surface area contributed by atoms with Crippen LogP contribution in [0.5, 0.6) is 5.75 Å². The molecule has 0 spiro atoms. The molecule has 0 unspecified atom stereocenters. The van der Waals surface area contributed by atoms with Crippen LogP contribution >= 0.6 is 0 Å². The molecule has 1 saturated carbocycles. The van der Waals surface area contributed by atoms with E-state index in [4.69, 9.17) is 9.26 Å². The van der Waals surface area contributed by atoms with Gasteiger partial charge in [-0.05, 0) is 37.1 Å². The number of carbonyl (C=O) groups is 1. The highest BCUT2D eigenvalue weighted by Gasteiger charge is 2.22. The first-order chi connectivity index (χ1) is 12.1. The Balaban J connectivity index is 1.57. The molecule has 6 heteroatoms. The Labute approximate surface area is 148 Å². The second-order valence-electron chi connectivity index (χ2n) is 6.60. The number of ether oxygens (including phenoxy) is 1. The van der Waals surface area contributed by atoms with E-state index in [1.165, 1.54) is 25.7 Å². The third-order valence-corrected chi connectivity index (χ3v) is 4.73. The minimum absolute atomic E-state index is 0.0762. The summed E-state index contributed by atoms with van der Waals surface area (Å²) >= 11 is 0. The summed E-state index contributed by atoms with van der Waals surface area (Å²) in [5.74, 6) is 1.77. The average molecular weight is 343 g/mol. The molecule has 1 aliphatic carbocycles. The Morgan fingerprint density at radius 2 is 1.88 bits per heavy atom. The molecular formula is C19H25N3O3. The van der Waals surface area contributed by atoms with E-state index in [0.29, 0.717) is 29.1 Å². The van der Waals surface area contributed by atoms with E-state index < -0.39 is 0 Å². The van der Waals surface area contributed by atoms with Crippen molar-refractivity contribution in [2.45, 2.75) is 58.1 Å². The summed E-state index contributed by atoms with van der Waals surface area (Å²) in [5, 5.41) is 3.79. The molecular weight excluding hydrogens is 318 g/mol. The van der Waals surface area contributed by atoms with Crippen LogP contribution in [0.2, 0.25) is 0 Å². The van der Waals surface area contributed by atoms with Gasteiger partial charge in [-0.25, -0.2) is 0 Å². The van der Waals surface area contributed by atoms with Gasteiger partial charge in [-0.2, -0.15) is 4.98 Å². The predicted octanol–water partition coefficient (Wildman–Crippen LogP) is 3.75. The first-order valence-corrected chi connectivity index (χ1v) is 8.92. The SMILES string of the molecule is Cc1nc(COc2ccc(C(=O)N(C)C3CCCCCC3)cc2)no1. The topological polar surface area (TPSA) is 68.5 Å². The van der Waals surface area contributed by atoms with Crippen molar-refractivity contribution in [3.63, 3.8) is 0 Å². The lowest BCUT2D eigenvalue weighted by Gasteiger charge is -2.27. The number of aryl methyl sites for hydroxylation is 1. The van der Waals surface area contributed by atoms with Crippen LogP contribution in [0, 0.1) is 6.92 Å². The molecule has 1 amide bonds. The van der Waals surface area contributed by atoms with Crippen LogP contribution in [0.3, 0.4) is 0 Å². The summed E-state index contributed by atoms with van der Waals surface area (Å²) < 4.78 is 10.5. The Morgan fingerprint density at radius 3 is 2.48 bits per heavy atom. The molecule has 2 aromatic rings. The normalized spacial score (nSPS) is 15.6. The number of carbonyl (C=O) groups excluding carboxylic acids is 1. The smallest absolute Gasteiger partial charge is 0.253 e. The van der Waals surface area contributed by atoms with Crippen LogP contribution in [-0.2, 0) is 6.61 Å². The van der Waals surface area contributed by atoms with E-state index >= 15 is 0 Å². The molecule has 0 saturated heterocycles. The Bertz CT molecular complexity index is 688. The van der Waals surface area contributed by atoms with E-state index in [9.17, 15) is 4.79 Å². The van der Waals surface area contributed by atoms with Gasteiger partial charge in [0.1, 0.15) is 5.75 Å². The molecule has 0 bridgehead atoms. The molecule has 134 valence electrons. The number of amides is 1. The van der Waals surface area contributed by atoms with Gasteiger partial charge in [0.15, 0.2) is 6.61 Å². The lowest BCUT2D eigenvalue weighted by atomic mass is 10.1. The largest absolute Gasteiger partial charge is 0.485 e. The number of hydrogen-bond acceptors (Lipinski definition) is 5. The van der Waals surface area contributed by atoms with Crippen LogP contribution in [0.15, 0.2) is 28.8 Å². The Kier molecular flexibility index (Phi) is 5.68. The van der Waals surface area contributed by atoms with Crippen molar-refractivity contribution in [3.05, 3.63) is 41.5 Å². The van der Waals surface area contributed by atoms with Crippen LogP contribution in [-0.4, -0.2) is 34.0 Å². The van der Waals surface area contributed by atoms with E-state index in [1.54, 1.807) is 19.1 Å². The Hall–Kier alpha value is -2.37. The van der Waals surface area contributed by atoms with Gasteiger partial charge >= 0.3 is 0 Å². The highest BCUT2D eigenvalue weighted by Crippen LogP contribution is 2.23. The second kappa shape index (κ2) is 8.14. The fourth-order valence-corrected chi connectivity index (χ4v) is 3.26. The fourth-order valence-electron chi connectivity index (χ4n) is 3.26. The lowest BCUT2D eigenvalue weighted by Crippen LogP contribution is -2.36. The minimum atomic E-state index is 0.0762. The van der Waals surface area contributed by atoms with Crippen molar-refractivity contribution < 1.29 is 14.1 Å². The summed E-state index contributed by atoms with van der Waals surface area (Å²) in [7, 11) is 1.92. The van der Waals surface area contributed by atoms with Gasteiger partial charge in [-0.1, -0.05) is 30.8 Å². The predicted molar refractivity (Wildman–Crippen MR) is 93.4 cm³/mol. The van der Waals surface area contributed by atoms with Crippen molar-refractivity contribution >= 4 is 5.91 Å². The molecule has 25 heavy (non-hydrogen) atoms. The maximum atomic E-state index is 12.7. The van der Waals surface area contributed by atoms with E-state index in [1.807, 2.05) is 24.1 Å². The van der Waals surface area contributed by atoms with Crippen LogP contribution in [0.25, 0.3) is 0 Å². The number of nitrogens with zero attached hydrogens (tertiary/aromatic N) is 3. The van der Waals surface area contributed by atoms with Gasteiger partial charge in [-0.3, -0.25) is 4.79 Å². The first-order valence-electron chi connectivity index (χ1n) is 8.92. The summed E-state index contributed by atoms with van der Waals surface area (Å²) in [4.78, 5) is 18.7. The lowest BCUT2D eigenvalue weighted by molar-refractivity contribution is 0.0717. The fraction of sp³-hybridized carbons (Fsp3) is 0.526. The number of aromatic nitrogens is 2. The number of hydrogen-bond donors (Lipinski definition) is 0. The van der Waals surface area contributed by atoms with Gasteiger partial charge < -0.3 is 14.2 Å². The van der Waals surface area contributed by atoms with Crippen molar-refractivity contribution in [1.82, 2.24) is 15.0 Å². The zero-order valence-corrected chi connectivity index (χ0v) is 14.9. The van der Waals surface area contributed by atoms with Crippen molar-refractivity contribution in [3.8, 4) is 5.75 Å². The third-order valence-electron chi connectivity index (χ3n) is 4.73. The van der Waals surface area contributed by atoms with Gasteiger partial charge in [-0.15, -0.1) is 0 Å². The van der Waals surface area contributed by atoms with E-state index in [0.717, 1.165) is 12.8 Å². The maximum Gasteiger partial charge on any atom is 0.253 e. The standard InChI is InChI=1S/C19H25N3O3/c1-14-20-18(21-25-14)13-24-17-11-9-15(10-12-17)19(23)22(2)16-7-5-3-4-6-8-16/h9-12,16H,3-8,13H2,1-2H3. The van der Waals surface area contributed by atoms with Crippen molar-refractivity contribution in [2.75, 3.05) is 7.05 Å². The minimum Gasteiger partial charge on any atom is -0.485 e. The van der Waals surface area contributed by atoms with Crippen LogP contribution < -0.4 is 4.74 Å².